The van der Waals surface area contributed by atoms with E-state index >= 15 is 0 Å². The fourth-order valence-corrected chi connectivity index (χ4v) is 1.61. The molecule has 0 fully saturated rings. The second kappa shape index (κ2) is 4.72. The first-order chi connectivity index (χ1) is 7.29. The molecule has 2 rings (SSSR count). The van der Waals surface area contributed by atoms with Crippen molar-refractivity contribution in [2.75, 3.05) is 5.88 Å². The van der Waals surface area contributed by atoms with Gasteiger partial charge in [-0.1, -0.05) is 0 Å². The number of hydrogen-bond acceptors (Lipinski definition) is 4. The normalized spacial score (nSPS) is 10.5. The summed E-state index contributed by atoms with van der Waals surface area (Å²) in [5.41, 5.74) is 0.790. The Hall–Kier alpha value is -0.940. The smallest absolute Gasteiger partial charge is 0.249 e. The molecule has 0 unspecified atom stereocenters. The number of nitrogens with zero attached hydrogens (tertiary/aromatic N) is 3. The third-order valence-corrected chi connectivity index (χ3v) is 2.35. The Morgan fingerprint density at radius 2 is 2.20 bits per heavy atom. The van der Waals surface area contributed by atoms with Crippen LogP contribution < -0.4 is 0 Å². The quantitative estimate of drug-likeness (QED) is 0.815. The molecule has 78 valence electrons. The van der Waals surface area contributed by atoms with Crippen molar-refractivity contribution in [2.24, 2.45) is 0 Å². The van der Waals surface area contributed by atoms with Gasteiger partial charge in [-0.25, -0.2) is 0 Å². The Labute approximate surface area is 99.8 Å². The standard InChI is InChI=1S/C9H7BrClN3O/c10-7-3-6(4-12-5-7)9-14-13-8(15-9)1-2-11/h3-5H,1-2H2. The molecular weight excluding hydrogens is 281 g/mol. The van der Waals surface area contributed by atoms with Crippen molar-refractivity contribution in [3.8, 4) is 11.5 Å². The maximum absolute atomic E-state index is 5.57. The van der Waals surface area contributed by atoms with Gasteiger partial charge in [0.2, 0.25) is 11.8 Å². The van der Waals surface area contributed by atoms with Crippen molar-refractivity contribution >= 4 is 27.5 Å². The Morgan fingerprint density at radius 3 is 2.93 bits per heavy atom. The minimum Gasteiger partial charge on any atom is -0.421 e. The van der Waals surface area contributed by atoms with Crippen molar-refractivity contribution in [2.45, 2.75) is 6.42 Å². The van der Waals surface area contributed by atoms with E-state index in [9.17, 15) is 0 Å². The Balaban J connectivity index is 2.29. The van der Waals surface area contributed by atoms with E-state index in [1.165, 1.54) is 0 Å². The molecule has 0 atom stereocenters. The highest BCUT2D eigenvalue weighted by molar-refractivity contribution is 9.10. The van der Waals surface area contributed by atoms with Crippen LogP contribution in [0.5, 0.6) is 0 Å². The number of pyridine rings is 1. The second-order valence-electron chi connectivity index (χ2n) is 2.83. The van der Waals surface area contributed by atoms with Gasteiger partial charge in [0.25, 0.3) is 0 Å². The lowest BCUT2D eigenvalue weighted by molar-refractivity contribution is 0.513. The second-order valence-corrected chi connectivity index (χ2v) is 4.13. The molecule has 2 aromatic heterocycles. The summed E-state index contributed by atoms with van der Waals surface area (Å²) in [6.07, 6.45) is 3.94. The van der Waals surface area contributed by atoms with E-state index < -0.39 is 0 Å². The summed E-state index contributed by atoms with van der Waals surface area (Å²) < 4.78 is 6.27. The fraction of sp³-hybridized carbons (Fsp3) is 0.222. The minimum absolute atomic E-state index is 0.462. The SMILES string of the molecule is ClCCc1nnc(-c2cncc(Br)c2)o1. The van der Waals surface area contributed by atoms with Gasteiger partial charge in [0.15, 0.2) is 0 Å². The van der Waals surface area contributed by atoms with Gasteiger partial charge in [-0.15, -0.1) is 21.8 Å². The number of aryl methyl sites for hydroxylation is 1. The van der Waals surface area contributed by atoms with E-state index in [1.807, 2.05) is 6.07 Å². The average Bonchev–Trinajstić information content (AvgIpc) is 2.67. The summed E-state index contributed by atoms with van der Waals surface area (Å²) in [7, 11) is 0. The number of rotatable bonds is 3. The van der Waals surface area contributed by atoms with Gasteiger partial charge >= 0.3 is 0 Å². The van der Waals surface area contributed by atoms with Gasteiger partial charge in [0, 0.05) is 29.2 Å². The van der Waals surface area contributed by atoms with Crippen molar-refractivity contribution in [1.29, 1.82) is 0 Å². The molecule has 0 N–H and O–H groups in total. The lowest BCUT2D eigenvalue weighted by Crippen LogP contribution is -1.84. The molecule has 15 heavy (non-hydrogen) atoms. The van der Waals surface area contributed by atoms with Crippen LogP contribution in [-0.2, 0) is 6.42 Å². The van der Waals surface area contributed by atoms with Gasteiger partial charge in [-0.2, -0.15) is 0 Å². The molecule has 4 nitrogen and oxygen atoms in total. The van der Waals surface area contributed by atoms with E-state index in [-0.39, 0.29) is 0 Å². The van der Waals surface area contributed by atoms with Gasteiger partial charge < -0.3 is 4.42 Å². The average molecular weight is 289 g/mol. The predicted octanol–water partition coefficient (Wildman–Crippen LogP) is 2.68. The summed E-state index contributed by atoms with van der Waals surface area (Å²) in [6.45, 7) is 0. The number of hydrogen-bond donors (Lipinski definition) is 0. The zero-order valence-electron chi connectivity index (χ0n) is 7.65. The van der Waals surface area contributed by atoms with Crippen LogP contribution in [0.2, 0.25) is 0 Å². The van der Waals surface area contributed by atoms with E-state index in [4.69, 9.17) is 16.0 Å². The van der Waals surface area contributed by atoms with E-state index in [1.54, 1.807) is 12.4 Å². The lowest BCUT2D eigenvalue weighted by atomic mass is 10.3. The van der Waals surface area contributed by atoms with Crippen LogP contribution in [0.15, 0.2) is 27.3 Å². The number of aromatic nitrogens is 3. The zero-order chi connectivity index (χ0) is 10.7. The molecule has 0 radical (unpaired) electrons. The highest BCUT2D eigenvalue weighted by Crippen LogP contribution is 2.20. The van der Waals surface area contributed by atoms with E-state index in [0.29, 0.717) is 24.1 Å². The molecule has 0 saturated heterocycles. The monoisotopic (exact) mass is 287 g/mol. The van der Waals surface area contributed by atoms with Gasteiger partial charge in [0.1, 0.15) is 0 Å². The third-order valence-electron chi connectivity index (χ3n) is 1.73. The molecule has 0 bridgehead atoms. The molecule has 0 amide bonds. The fourth-order valence-electron chi connectivity index (χ4n) is 1.08. The Kier molecular flexibility index (Phi) is 3.33. The highest BCUT2D eigenvalue weighted by atomic mass is 79.9. The van der Waals surface area contributed by atoms with Crippen molar-refractivity contribution < 1.29 is 4.42 Å². The van der Waals surface area contributed by atoms with Gasteiger partial charge in [-0.3, -0.25) is 4.98 Å². The van der Waals surface area contributed by atoms with Crippen LogP contribution in [0.1, 0.15) is 5.89 Å². The van der Waals surface area contributed by atoms with Crippen LogP contribution in [0.3, 0.4) is 0 Å². The first-order valence-electron chi connectivity index (χ1n) is 4.29. The molecule has 0 aromatic carbocycles. The van der Waals surface area contributed by atoms with Crippen molar-refractivity contribution in [3.63, 3.8) is 0 Å². The number of halogens is 2. The Bertz CT molecular complexity index is 460. The molecule has 2 heterocycles. The Morgan fingerprint density at radius 1 is 1.33 bits per heavy atom. The minimum atomic E-state index is 0.462. The molecule has 0 aliphatic heterocycles. The predicted molar refractivity (Wildman–Crippen MR) is 59.7 cm³/mol. The van der Waals surface area contributed by atoms with Crippen LogP contribution in [0, 0.1) is 0 Å². The van der Waals surface area contributed by atoms with Crippen LogP contribution >= 0.6 is 27.5 Å². The van der Waals surface area contributed by atoms with E-state index in [0.717, 1.165) is 10.0 Å². The molecule has 2 aromatic rings. The maximum Gasteiger partial charge on any atom is 0.249 e. The van der Waals surface area contributed by atoms with Crippen LogP contribution in [0.4, 0.5) is 0 Å². The summed E-state index contributed by atoms with van der Waals surface area (Å²) in [5, 5.41) is 7.78. The number of alkyl halides is 1. The van der Waals surface area contributed by atoms with Crippen molar-refractivity contribution in [1.82, 2.24) is 15.2 Å². The first-order valence-corrected chi connectivity index (χ1v) is 5.61. The third kappa shape index (κ3) is 2.54. The summed E-state index contributed by atoms with van der Waals surface area (Å²) in [4.78, 5) is 4.02. The van der Waals surface area contributed by atoms with Crippen LogP contribution in [-0.4, -0.2) is 21.1 Å². The lowest BCUT2D eigenvalue weighted by Gasteiger charge is -1.93. The molecule has 6 heteroatoms. The summed E-state index contributed by atoms with van der Waals surface area (Å²) in [6, 6.07) is 1.87. The summed E-state index contributed by atoms with van der Waals surface area (Å²) >= 11 is 8.89. The van der Waals surface area contributed by atoms with Gasteiger partial charge in [-0.05, 0) is 22.0 Å². The summed E-state index contributed by atoms with van der Waals surface area (Å²) in [5.74, 6) is 1.47. The largest absolute Gasteiger partial charge is 0.421 e. The van der Waals surface area contributed by atoms with Gasteiger partial charge in [0.05, 0.1) is 5.56 Å². The van der Waals surface area contributed by atoms with E-state index in [2.05, 4.69) is 31.1 Å². The molecule has 0 aliphatic carbocycles. The van der Waals surface area contributed by atoms with Crippen molar-refractivity contribution in [3.05, 3.63) is 28.8 Å². The first kappa shape index (κ1) is 10.6. The molecule has 0 spiro atoms. The zero-order valence-corrected chi connectivity index (χ0v) is 9.99. The highest BCUT2D eigenvalue weighted by Gasteiger charge is 2.08. The van der Waals surface area contributed by atoms with Crippen LogP contribution in [0.25, 0.3) is 11.5 Å². The molecule has 0 saturated carbocycles. The molecular formula is C9H7BrClN3O. The maximum atomic E-state index is 5.57. The molecule has 0 aliphatic rings. The topological polar surface area (TPSA) is 51.8 Å².